The van der Waals surface area contributed by atoms with Gasteiger partial charge in [0, 0.05) is 11.4 Å². The van der Waals surface area contributed by atoms with Crippen molar-refractivity contribution in [3.63, 3.8) is 0 Å². The zero-order valence-electron chi connectivity index (χ0n) is 8.59. The maximum atomic E-state index is 4.33. The smallest absolute Gasteiger partial charge is 0.115 e. The first-order valence-electron chi connectivity index (χ1n) is 4.88. The summed E-state index contributed by atoms with van der Waals surface area (Å²) in [6.07, 6.45) is 5.18. The number of rotatable bonds is 0. The van der Waals surface area contributed by atoms with Gasteiger partial charge in [0.15, 0.2) is 0 Å². The molecule has 1 aliphatic carbocycles. The van der Waals surface area contributed by atoms with Crippen molar-refractivity contribution in [3.8, 4) is 0 Å². The maximum absolute atomic E-state index is 4.33. The van der Waals surface area contributed by atoms with Crippen LogP contribution in [0.3, 0.4) is 0 Å². The third-order valence-electron chi connectivity index (χ3n) is 2.94. The Morgan fingerprint density at radius 1 is 1.31 bits per heavy atom. The molecule has 2 rings (SSSR count). The van der Waals surface area contributed by atoms with Crippen LogP contribution in [-0.4, -0.2) is 9.97 Å². The Bertz CT molecular complexity index is 329. The second-order valence-electron chi connectivity index (χ2n) is 4.73. The molecule has 0 saturated heterocycles. The topological polar surface area (TPSA) is 25.8 Å². The lowest BCUT2D eigenvalue weighted by Gasteiger charge is -2.30. The van der Waals surface area contributed by atoms with Crippen LogP contribution in [-0.2, 0) is 12.8 Å². The van der Waals surface area contributed by atoms with Gasteiger partial charge in [-0.15, -0.1) is 0 Å². The van der Waals surface area contributed by atoms with E-state index in [4.69, 9.17) is 0 Å². The first-order valence-corrected chi connectivity index (χ1v) is 4.88. The Morgan fingerprint density at radius 2 is 2.08 bits per heavy atom. The molecular formula is C11H16N2. The molecule has 0 N–H and O–H groups in total. The molecule has 0 unspecified atom stereocenters. The standard InChI is InChI=1S/C11H16N2/c1-8-9-6-11(2,3)5-4-10(9)13-7-12-8/h7H,4-6H2,1-3H3. The van der Waals surface area contributed by atoms with Crippen LogP contribution in [0.2, 0.25) is 0 Å². The molecule has 1 aliphatic rings. The molecule has 70 valence electrons. The highest BCUT2D eigenvalue weighted by molar-refractivity contribution is 5.27. The first kappa shape index (κ1) is 8.67. The number of fused-ring (bicyclic) bond motifs is 1. The van der Waals surface area contributed by atoms with Gasteiger partial charge in [-0.05, 0) is 37.2 Å². The maximum Gasteiger partial charge on any atom is 0.115 e. The zero-order chi connectivity index (χ0) is 9.47. The summed E-state index contributed by atoms with van der Waals surface area (Å²) < 4.78 is 0. The summed E-state index contributed by atoms with van der Waals surface area (Å²) >= 11 is 0. The number of aromatic nitrogens is 2. The lowest BCUT2D eigenvalue weighted by atomic mass is 9.75. The second-order valence-corrected chi connectivity index (χ2v) is 4.73. The van der Waals surface area contributed by atoms with Gasteiger partial charge in [-0.2, -0.15) is 0 Å². The average molecular weight is 176 g/mol. The Kier molecular flexibility index (Phi) is 1.86. The minimum absolute atomic E-state index is 0.433. The molecule has 0 radical (unpaired) electrons. The first-order chi connectivity index (χ1) is 6.08. The van der Waals surface area contributed by atoms with E-state index in [0.717, 1.165) is 18.5 Å². The number of hydrogen-bond donors (Lipinski definition) is 0. The molecule has 2 heteroatoms. The molecule has 0 bridgehead atoms. The minimum atomic E-state index is 0.433. The number of nitrogens with zero attached hydrogens (tertiary/aromatic N) is 2. The summed E-state index contributed by atoms with van der Waals surface area (Å²) in [7, 11) is 0. The summed E-state index contributed by atoms with van der Waals surface area (Å²) in [6.45, 7) is 6.73. The van der Waals surface area contributed by atoms with Crippen LogP contribution >= 0.6 is 0 Å². The predicted molar refractivity (Wildman–Crippen MR) is 52.6 cm³/mol. The Balaban J connectivity index is 2.44. The van der Waals surface area contributed by atoms with Crippen LogP contribution < -0.4 is 0 Å². The molecule has 0 atom stereocenters. The summed E-state index contributed by atoms with van der Waals surface area (Å²) in [6, 6.07) is 0. The fourth-order valence-corrected chi connectivity index (χ4v) is 2.02. The van der Waals surface area contributed by atoms with Crippen molar-refractivity contribution < 1.29 is 0 Å². The van der Waals surface area contributed by atoms with E-state index in [1.807, 2.05) is 0 Å². The van der Waals surface area contributed by atoms with Crippen molar-refractivity contribution >= 4 is 0 Å². The van der Waals surface area contributed by atoms with Crippen molar-refractivity contribution in [2.75, 3.05) is 0 Å². The number of hydrogen-bond acceptors (Lipinski definition) is 2. The third-order valence-corrected chi connectivity index (χ3v) is 2.94. The normalized spacial score (nSPS) is 19.6. The van der Waals surface area contributed by atoms with Crippen LogP contribution in [0.1, 0.15) is 37.2 Å². The van der Waals surface area contributed by atoms with Crippen molar-refractivity contribution in [1.82, 2.24) is 9.97 Å². The molecule has 1 aromatic rings. The van der Waals surface area contributed by atoms with Crippen LogP contribution in [0, 0.1) is 12.3 Å². The molecular weight excluding hydrogens is 160 g/mol. The molecule has 0 fully saturated rings. The molecule has 2 nitrogen and oxygen atoms in total. The highest BCUT2D eigenvalue weighted by Crippen LogP contribution is 2.34. The fourth-order valence-electron chi connectivity index (χ4n) is 2.02. The zero-order valence-corrected chi connectivity index (χ0v) is 8.59. The molecule has 0 aromatic carbocycles. The monoisotopic (exact) mass is 176 g/mol. The molecule has 0 aliphatic heterocycles. The van der Waals surface area contributed by atoms with Crippen LogP contribution in [0.25, 0.3) is 0 Å². The van der Waals surface area contributed by atoms with E-state index in [1.54, 1.807) is 6.33 Å². The highest BCUT2D eigenvalue weighted by atomic mass is 14.8. The largest absolute Gasteiger partial charge is 0.241 e. The molecule has 0 spiro atoms. The predicted octanol–water partition coefficient (Wildman–Crippen LogP) is 2.30. The molecule has 0 saturated carbocycles. The fraction of sp³-hybridized carbons (Fsp3) is 0.636. The van der Waals surface area contributed by atoms with Gasteiger partial charge in [-0.25, -0.2) is 9.97 Å². The van der Waals surface area contributed by atoms with Crippen LogP contribution in [0.4, 0.5) is 0 Å². The van der Waals surface area contributed by atoms with Crippen molar-refractivity contribution in [3.05, 3.63) is 23.3 Å². The van der Waals surface area contributed by atoms with E-state index in [2.05, 4.69) is 30.7 Å². The lowest BCUT2D eigenvalue weighted by Crippen LogP contribution is -2.24. The van der Waals surface area contributed by atoms with Gasteiger partial charge < -0.3 is 0 Å². The summed E-state index contributed by atoms with van der Waals surface area (Å²) in [5, 5.41) is 0. The van der Waals surface area contributed by atoms with Crippen molar-refractivity contribution in [2.24, 2.45) is 5.41 Å². The Labute approximate surface area is 79.4 Å². The summed E-state index contributed by atoms with van der Waals surface area (Å²) in [4.78, 5) is 8.58. The lowest BCUT2D eigenvalue weighted by molar-refractivity contribution is 0.310. The van der Waals surface area contributed by atoms with Gasteiger partial charge >= 0.3 is 0 Å². The minimum Gasteiger partial charge on any atom is -0.241 e. The SMILES string of the molecule is Cc1ncnc2c1CC(C)(C)CC2. The van der Waals surface area contributed by atoms with E-state index in [1.165, 1.54) is 17.7 Å². The van der Waals surface area contributed by atoms with Gasteiger partial charge in [-0.3, -0.25) is 0 Å². The third kappa shape index (κ3) is 1.58. The Hall–Kier alpha value is -0.920. The summed E-state index contributed by atoms with van der Waals surface area (Å²) in [5.41, 5.74) is 4.26. The van der Waals surface area contributed by atoms with Gasteiger partial charge in [0.1, 0.15) is 6.33 Å². The van der Waals surface area contributed by atoms with Gasteiger partial charge in [-0.1, -0.05) is 13.8 Å². The van der Waals surface area contributed by atoms with E-state index < -0.39 is 0 Å². The van der Waals surface area contributed by atoms with E-state index >= 15 is 0 Å². The van der Waals surface area contributed by atoms with Gasteiger partial charge in [0.05, 0.1) is 0 Å². The average Bonchev–Trinajstić information content (AvgIpc) is 2.06. The van der Waals surface area contributed by atoms with Gasteiger partial charge in [0.2, 0.25) is 0 Å². The van der Waals surface area contributed by atoms with Crippen molar-refractivity contribution in [1.29, 1.82) is 0 Å². The molecule has 0 amide bonds. The second kappa shape index (κ2) is 2.79. The van der Waals surface area contributed by atoms with E-state index in [-0.39, 0.29) is 0 Å². The quantitative estimate of drug-likeness (QED) is 0.606. The highest BCUT2D eigenvalue weighted by Gasteiger charge is 2.27. The molecule has 1 aromatic heterocycles. The number of aryl methyl sites for hydroxylation is 2. The van der Waals surface area contributed by atoms with Gasteiger partial charge in [0.25, 0.3) is 0 Å². The van der Waals surface area contributed by atoms with Crippen LogP contribution in [0.15, 0.2) is 6.33 Å². The van der Waals surface area contributed by atoms with E-state index in [0.29, 0.717) is 5.41 Å². The van der Waals surface area contributed by atoms with Crippen molar-refractivity contribution in [2.45, 2.75) is 40.0 Å². The van der Waals surface area contributed by atoms with Crippen LogP contribution in [0.5, 0.6) is 0 Å². The summed E-state index contributed by atoms with van der Waals surface area (Å²) in [5.74, 6) is 0. The molecule has 1 heterocycles. The Morgan fingerprint density at radius 3 is 2.85 bits per heavy atom. The molecule has 13 heavy (non-hydrogen) atoms. The van der Waals surface area contributed by atoms with E-state index in [9.17, 15) is 0 Å².